The van der Waals surface area contributed by atoms with E-state index < -0.39 is 5.97 Å². The first-order chi connectivity index (χ1) is 15.0. The molecule has 1 aliphatic carbocycles. The summed E-state index contributed by atoms with van der Waals surface area (Å²) < 4.78 is 21.3. The maximum absolute atomic E-state index is 12.3. The van der Waals surface area contributed by atoms with E-state index >= 15 is 0 Å². The summed E-state index contributed by atoms with van der Waals surface area (Å²) in [6.45, 7) is 5.17. The number of ether oxygens (including phenoxy) is 4. The van der Waals surface area contributed by atoms with Crippen molar-refractivity contribution >= 4 is 11.9 Å². The van der Waals surface area contributed by atoms with E-state index in [2.05, 4.69) is 10.2 Å². The Balaban J connectivity index is 1.43. The number of esters is 1. The molecule has 0 radical (unpaired) electrons. The van der Waals surface area contributed by atoms with E-state index in [1.807, 2.05) is 19.1 Å². The third-order valence-corrected chi connectivity index (χ3v) is 6.11. The van der Waals surface area contributed by atoms with Crippen LogP contribution in [0, 0.1) is 6.92 Å². The molecule has 1 aromatic rings. The van der Waals surface area contributed by atoms with E-state index in [0.717, 1.165) is 44.7 Å². The number of carbonyl (C=O) groups is 2. The normalized spacial score (nSPS) is 18.8. The van der Waals surface area contributed by atoms with Crippen LogP contribution in [-0.4, -0.2) is 75.5 Å². The molecule has 1 aliphatic heterocycles. The highest BCUT2D eigenvalue weighted by atomic mass is 16.6. The number of methoxy groups -OCH3 is 1. The third-order valence-electron chi connectivity index (χ3n) is 6.11. The maximum Gasteiger partial charge on any atom is 0.344 e. The van der Waals surface area contributed by atoms with E-state index in [1.54, 1.807) is 13.2 Å². The van der Waals surface area contributed by atoms with Crippen LogP contribution >= 0.6 is 0 Å². The Labute approximate surface area is 184 Å². The van der Waals surface area contributed by atoms with Crippen molar-refractivity contribution in [3.8, 4) is 11.5 Å². The molecule has 0 atom stereocenters. The molecule has 1 saturated carbocycles. The van der Waals surface area contributed by atoms with E-state index in [1.165, 1.54) is 19.3 Å². The third kappa shape index (κ3) is 6.58. The van der Waals surface area contributed by atoms with E-state index in [4.69, 9.17) is 18.9 Å². The molecule has 0 spiro atoms. The standard InChI is InChI=1S/C23H34N2O6/c1-18-6-7-19(20(14-18)28-2)30-16-22(27)31-15-21(26)24-17-23(8-4-3-5-9-23)25-10-12-29-13-11-25/h6-7,14H,3-5,8-13,15-17H2,1-2H3,(H,24,26). The second-order valence-corrected chi connectivity index (χ2v) is 8.26. The smallest absolute Gasteiger partial charge is 0.344 e. The number of benzene rings is 1. The van der Waals surface area contributed by atoms with Crippen LogP contribution < -0.4 is 14.8 Å². The van der Waals surface area contributed by atoms with Gasteiger partial charge in [-0.3, -0.25) is 9.69 Å². The number of amides is 1. The predicted octanol–water partition coefficient (Wildman–Crippen LogP) is 2.08. The topological polar surface area (TPSA) is 86.3 Å². The summed E-state index contributed by atoms with van der Waals surface area (Å²) >= 11 is 0. The lowest BCUT2D eigenvalue weighted by molar-refractivity contribution is -0.150. The molecule has 1 amide bonds. The molecule has 1 N–H and O–H groups in total. The average molecular weight is 435 g/mol. The van der Waals surface area contributed by atoms with E-state index in [9.17, 15) is 9.59 Å². The van der Waals surface area contributed by atoms with Gasteiger partial charge >= 0.3 is 5.97 Å². The van der Waals surface area contributed by atoms with Crippen LogP contribution in [0.2, 0.25) is 0 Å². The zero-order valence-electron chi connectivity index (χ0n) is 18.6. The van der Waals surface area contributed by atoms with Gasteiger partial charge in [0.1, 0.15) is 0 Å². The first-order valence-corrected chi connectivity index (χ1v) is 11.0. The van der Waals surface area contributed by atoms with Gasteiger partial charge in [-0.1, -0.05) is 25.3 Å². The van der Waals surface area contributed by atoms with Crippen LogP contribution in [0.1, 0.15) is 37.7 Å². The summed E-state index contributed by atoms with van der Waals surface area (Å²) in [5.41, 5.74) is 1.00. The van der Waals surface area contributed by atoms with Gasteiger partial charge in [0.2, 0.25) is 0 Å². The molecule has 3 rings (SSSR count). The molecular formula is C23H34N2O6. The molecule has 2 aliphatic rings. The minimum Gasteiger partial charge on any atom is -0.493 e. The summed E-state index contributed by atoms with van der Waals surface area (Å²) in [4.78, 5) is 26.8. The Morgan fingerprint density at radius 1 is 1.10 bits per heavy atom. The molecule has 31 heavy (non-hydrogen) atoms. The highest BCUT2D eigenvalue weighted by molar-refractivity contribution is 5.81. The number of nitrogens with one attached hydrogen (secondary N) is 1. The lowest BCUT2D eigenvalue weighted by Gasteiger charge is -2.48. The minimum atomic E-state index is -0.599. The highest BCUT2D eigenvalue weighted by Crippen LogP contribution is 2.34. The summed E-state index contributed by atoms with van der Waals surface area (Å²) in [5, 5.41) is 2.98. The Bertz CT molecular complexity index is 742. The number of hydrogen-bond donors (Lipinski definition) is 1. The van der Waals surface area contributed by atoms with Crippen molar-refractivity contribution in [2.24, 2.45) is 0 Å². The Kier molecular flexibility index (Phi) is 8.54. The summed E-state index contributed by atoms with van der Waals surface area (Å²) in [7, 11) is 1.54. The van der Waals surface area contributed by atoms with Crippen LogP contribution in [0.25, 0.3) is 0 Å². The van der Waals surface area contributed by atoms with Gasteiger partial charge in [-0.15, -0.1) is 0 Å². The minimum absolute atomic E-state index is 0.0210. The fraction of sp³-hybridized carbons (Fsp3) is 0.652. The molecular weight excluding hydrogens is 400 g/mol. The second-order valence-electron chi connectivity index (χ2n) is 8.26. The number of carbonyl (C=O) groups excluding carboxylic acids is 2. The summed E-state index contributed by atoms with van der Waals surface area (Å²) in [6.07, 6.45) is 5.71. The molecule has 8 nitrogen and oxygen atoms in total. The van der Waals surface area contributed by atoms with Crippen LogP contribution in [0.3, 0.4) is 0 Å². The van der Waals surface area contributed by atoms with Crippen molar-refractivity contribution in [3.63, 3.8) is 0 Å². The first-order valence-electron chi connectivity index (χ1n) is 11.0. The average Bonchev–Trinajstić information content (AvgIpc) is 2.81. The summed E-state index contributed by atoms with van der Waals surface area (Å²) in [6, 6.07) is 5.43. The van der Waals surface area contributed by atoms with Crippen LogP contribution in [0.5, 0.6) is 11.5 Å². The number of nitrogens with zero attached hydrogens (tertiary/aromatic N) is 1. The fourth-order valence-electron chi connectivity index (χ4n) is 4.38. The van der Waals surface area contributed by atoms with Gasteiger partial charge in [-0.25, -0.2) is 4.79 Å². The number of morpholine rings is 1. The van der Waals surface area contributed by atoms with Crippen LogP contribution in [0.4, 0.5) is 0 Å². The van der Waals surface area contributed by atoms with Gasteiger partial charge in [-0.05, 0) is 37.5 Å². The van der Waals surface area contributed by atoms with Gasteiger partial charge in [-0.2, -0.15) is 0 Å². The molecule has 172 valence electrons. The maximum atomic E-state index is 12.3. The molecule has 1 aromatic carbocycles. The SMILES string of the molecule is COc1cc(C)ccc1OCC(=O)OCC(=O)NCC1(N2CCOCC2)CCCCC1. The first kappa shape index (κ1) is 23.3. The molecule has 0 aromatic heterocycles. The number of rotatable bonds is 9. The Morgan fingerprint density at radius 3 is 2.55 bits per heavy atom. The quantitative estimate of drug-likeness (QED) is 0.596. The van der Waals surface area contributed by atoms with Crippen molar-refractivity contribution in [1.82, 2.24) is 10.2 Å². The zero-order chi connectivity index (χ0) is 22.1. The predicted molar refractivity (Wildman–Crippen MR) is 115 cm³/mol. The van der Waals surface area contributed by atoms with Crippen molar-refractivity contribution in [3.05, 3.63) is 23.8 Å². The molecule has 0 unspecified atom stereocenters. The Hall–Kier alpha value is -2.32. The van der Waals surface area contributed by atoms with Gasteiger partial charge in [0, 0.05) is 25.2 Å². The summed E-state index contributed by atoms with van der Waals surface area (Å²) in [5.74, 6) is 0.114. The lowest BCUT2D eigenvalue weighted by atomic mass is 9.79. The van der Waals surface area contributed by atoms with E-state index in [0.29, 0.717) is 18.0 Å². The van der Waals surface area contributed by atoms with Gasteiger partial charge in [0.15, 0.2) is 24.7 Å². The lowest BCUT2D eigenvalue weighted by Crippen LogP contribution is -2.59. The van der Waals surface area contributed by atoms with Gasteiger partial charge < -0.3 is 24.3 Å². The van der Waals surface area contributed by atoms with Crippen LogP contribution in [-0.2, 0) is 19.1 Å². The van der Waals surface area contributed by atoms with Gasteiger partial charge in [0.05, 0.1) is 20.3 Å². The highest BCUT2D eigenvalue weighted by Gasteiger charge is 2.38. The van der Waals surface area contributed by atoms with E-state index in [-0.39, 0.29) is 24.7 Å². The monoisotopic (exact) mass is 434 g/mol. The zero-order valence-corrected chi connectivity index (χ0v) is 18.6. The van der Waals surface area contributed by atoms with Crippen molar-refractivity contribution < 1.29 is 28.5 Å². The molecule has 8 heteroatoms. The largest absolute Gasteiger partial charge is 0.493 e. The molecule has 1 saturated heterocycles. The van der Waals surface area contributed by atoms with Crippen molar-refractivity contribution in [2.45, 2.75) is 44.6 Å². The molecule has 0 bridgehead atoms. The van der Waals surface area contributed by atoms with Gasteiger partial charge in [0.25, 0.3) is 5.91 Å². The number of aryl methyl sites for hydroxylation is 1. The second kappa shape index (κ2) is 11.3. The fourth-order valence-corrected chi connectivity index (χ4v) is 4.38. The Morgan fingerprint density at radius 2 is 1.84 bits per heavy atom. The number of hydrogen-bond acceptors (Lipinski definition) is 7. The molecule has 1 heterocycles. The molecule has 2 fully saturated rings. The van der Waals surface area contributed by atoms with Crippen LogP contribution in [0.15, 0.2) is 18.2 Å². The van der Waals surface area contributed by atoms with Crippen molar-refractivity contribution in [2.75, 3.05) is 53.2 Å². The van der Waals surface area contributed by atoms with Crippen molar-refractivity contribution in [1.29, 1.82) is 0 Å².